The Morgan fingerprint density at radius 2 is 2.26 bits per heavy atom. The standard InChI is InChI=1S/C13H19N3O3/c1-8-5-12(14-7-9(8)16(17)18)15-10-6-11(19-4)13(10,2)3/h5,7,10-11H,6H2,1-4H3,(H,14,15). The fourth-order valence-corrected chi connectivity index (χ4v) is 2.53. The molecule has 1 saturated carbocycles. The van der Waals surface area contributed by atoms with Crippen LogP contribution in [0, 0.1) is 22.5 Å². The molecule has 0 aromatic carbocycles. The minimum Gasteiger partial charge on any atom is -0.381 e. The Kier molecular flexibility index (Phi) is 3.45. The van der Waals surface area contributed by atoms with Gasteiger partial charge in [-0.1, -0.05) is 13.8 Å². The molecular formula is C13H19N3O3. The van der Waals surface area contributed by atoms with Gasteiger partial charge in [-0.3, -0.25) is 10.1 Å². The maximum absolute atomic E-state index is 10.7. The topological polar surface area (TPSA) is 77.3 Å². The highest BCUT2D eigenvalue weighted by atomic mass is 16.6. The number of anilines is 1. The Morgan fingerprint density at radius 1 is 1.58 bits per heavy atom. The molecule has 0 amide bonds. The Bertz CT molecular complexity index is 502. The average molecular weight is 265 g/mol. The third kappa shape index (κ3) is 2.40. The van der Waals surface area contributed by atoms with Gasteiger partial charge >= 0.3 is 0 Å². The van der Waals surface area contributed by atoms with Crippen molar-refractivity contribution < 1.29 is 9.66 Å². The van der Waals surface area contributed by atoms with E-state index in [4.69, 9.17) is 4.74 Å². The number of nitro groups is 1. The maximum atomic E-state index is 10.7. The Balaban J connectivity index is 2.09. The van der Waals surface area contributed by atoms with Crippen LogP contribution in [0.3, 0.4) is 0 Å². The van der Waals surface area contributed by atoms with Crippen LogP contribution >= 0.6 is 0 Å². The van der Waals surface area contributed by atoms with Gasteiger partial charge in [-0.15, -0.1) is 0 Å². The molecule has 6 heteroatoms. The molecule has 104 valence electrons. The lowest BCUT2D eigenvalue weighted by Gasteiger charge is -2.51. The molecule has 2 rings (SSSR count). The second kappa shape index (κ2) is 4.77. The number of aromatic nitrogens is 1. The molecule has 1 aliphatic rings. The van der Waals surface area contributed by atoms with Gasteiger partial charge in [-0.25, -0.2) is 4.98 Å². The van der Waals surface area contributed by atoms with Crippen LogP contribution in [-0.2, 0) is 4.74 Å². The van der Waals surface area contributed by atoms with E-state index in [0.717, 1.165) is 6.42 Å². The van der Waals surface area contributed by atoms with Crippen LogP contribution in [0.2, 0.25) is 0 Å². The van der Waals surface area contributed by atoms with E-state index in [0.29, 0.717) is 11.4 Å². The van der Waals surface area contributed by atoms with Crippen molar-refractivity contribution in [1.82, 2.24) is 4.98 Å². The lowest BCUT2D eigenvalue weighted by Crippen LogP contribution is -2.57. The summed E-state index contributed by atoms with van der Waals surface area (Å²) in [6.07, 6.45) is 2.46. The van der Waals surface area contributed by atoms with Crippen molar-refractivity contribution in [2.75, 3.05) is 12.4 Å². The van der Waals surface area contributed by atoms with Gasteiger partial charge in [-0.05, 0) is 19.4 Å². The fraction of sp³-hybridized carbons (Fsp3) is 0.615. The van der Waals surface area contributed by atoms with E-state index < -0.39 is 4.92 Å². The van der Waals surface area contributed by atoms with Crippen LogP contribution in [0.15, 0.2) is 12.3 Å². The summed E-state index contributed by atoms with van der Waals surface area (Å²) >= 11 is 0. The summed E-state index contributed by atoms with van der Waals surface area (Å²) in [7, 11) is 1.72. The molecular weight excluding hydrogens is 246 g/mol. The van der Waals surface area contributed by atoms with E-state index in [9.17, 15) is 10.1 Å². The van der Waals surface area contributed by atoms with Crippen LogP contribution < -0.4 is 5.32 Å². The Morgan fingerprint density at radius 3 is 2.74 bits per heavy atom. The highest BCUT2D eigenvalue weighted by molar-refractivity contribution is 5.48. The third-order valence-electron chi connectivity index (χ3n) is 4.06. The normalized spacial score (nSPS) is 24.6. The number of pyridine rings is 1. The maximum Gasteiger partial charge on any atom is 0.290 e. The number of nitrogens with zero attached hydrogens (tertiary/aromatic N) is 2. The first-order valence-electron chi connectivity index (χ1n) is 6.26. The predicted molar refractivity (Wildman–Crippen MR) is 72.2 cm³/mol. The average Bonchev–Trinajstić information content (AvgIpc) is 2.33. The molecule has 2 atom stereocenters. The molecule has 0 spiro atoms. The van der Waals surface area contributed by atoms with Crippen molar-refractivity contribution in [2.24, 2.45) is 5.41 Å². The number of rotatable bonds is 4. The van der Waals surface area contributed by atoms with Gasteiger partial charge < -0.3 is 10.1 Å². The van der Waals surface area contributed by atoms with Crippen LogP contribution in [0.4, 0.5) is 11.5 Å². The molecule has 1 aromatic rings. The van der Waals surface area contributed by atoms with Crippen molar-refractivity contribution in [3.05, 3.63) is 27.9 Å². The van der Waals surface area contributed by atoms with Crippen LogP contribution in [0.1, 0.15) is 25.8 Å². The summed E-state index contributed by atoms with van der Waals surface area (Å²) in [5.41, 5.74) is 0.697. The van der Waals surface area contributed by atoms with E-state index in [2.05, 4.69) is 24.1 Å². The molecule has 1 aliphatic carbocycles. The minimum atomic E-state index is -0.416. The van der Waals surface area contributed by atoms with Crippen molar-refractivity contribution in [3.8, 4) is 0 Å². The molecule has 19 heavy (non-hydrogen) atoms. The van der Waals surface area contributed by atoms with Gasteiger partial charge in [0, 0.05) is 24.1 Å². The molecule has 1 fully saturated rings. The number of methoxy groups -OCH3 is 1. The van der Waals surface area contributed by atoms with Gasteiger partial charge in [0.15, 0.2) is 0 Å². The minimum absolute atomic E-state index is 0.0338. The Labute approximate surface area is 112 Å². The summed E-state index contributed by atoms with van der Waals surface area (Å²) < 4.78 is 5.39. The van der Waals surface area contributed by atoms with Crippen LogP contribution in [-0.4, -0.2) is 29.2 Å². The Hall–Kier alpha value is -1.69. The van der Waals surface area contributed by atoms with Crippen molar-refractivity contribution >= 4 is 11.5 Å². The van der Waals surface area contributed by atoms with Gasteiger partial charge in [-0.2, -0.15) is 0 Å². The lowest BCUT2D eigenvalue weighted by atomic mass is 9.64. The number of hydrogen-bond acceptors (Lipinski definition) is 5. The van der Waals surface area contributed by atoms with E-state index in [1.54, 1.807) is 20.1 Å². The van der Waals surface area contributed by atoms with Gasteiger partial charge in [0.25, 0.3) is 5.69 Å². The summed E-state index contributed by atoms with van der Waals surface area (Å²) in [6, 6.07) is 1.99. The van der Waals surface area contributed by atoms with E-state index in [1.165, 1.54) is 6.20 Å². The fourth-order valence-electron chi connectivity index (χ4n) is 2.53. The zero-order valence-corrected chi connectivity index (χ0v) is 11.6. The zero-order valence-electron chi connectivity index (χ0n) is 11.6. The number of ether oxygens (including phenoxy) is 1. The van der Waals surface area contributed by atoms with Gasteiger partial charge in [0.2, 0.25) is 0 Å². The van der Waals surface area contributed by atoms with Crippen molar-refractivity contribution in [3.63, 3.8) is 0 Å². The quantitative estimate of drug-likeness (QED) is 0.668. The molecule has 0 saturated heterocycles. The smallest absolute Gasteiger partial charge is 0.290 e. The molecule has 1 heterocycles. The van der Waals surface area contributed by atoms with Crippen LogP contribution in [0.25, 0.3) is 0 Å². The van der Waals surface area contributed by atoms with Crippen molar-refractivity contribution in [2.45, 2.75) is 39.3 Å². The highest BCUT2D eigenvalue weighted by Gasteiger charge is 2.48. The summed E-state index contributed by atoms with van der Waals surface area (Å²) in [4.78, 5) is 14.4. The predicted octanol–water partition coefficient (Wildman–Crippen LogP) is 2.52. The first kappa shape index (κ1) is 13.7. The number of aryl methyl sites for hydroxylation is 1. The first-order chi connectivity index (χ1) is 8.86. The monoisotopic (exact) mass is 265 g/mol. The second-order valence-electron chi connectivity index (χ2n) is 5.59. The molecule has 6 nitrogen and oxygen atoms in total. The lowest BCUT2D eigenvalue weighted by molar-refractivity contribution is -0.385. The van der Waals surface area contributed by atoms with E-state index >= 15 is 0 Å². The number of nitrogens with one attached hydrogen (secondary N) is 1. The molecule has 1 aromatic heterocycles. The highest BCUT2D eigenvalue weighted by Crippen LogP contribution is 2.43. The van der Waals surface area contributed by atoms with Crippen LogP contribution in [0.5, 0.6) is 0 Å². The summed E-state index contributed by atoms with van der Waals surface area (Å²) in [6.45, 7) is 6.00. The third-order valence-corrected chi connectivity index (χ3v) is 4.06. The summed E-state index contributed by atoms with van der Waals surface area (Å²) in [5, 5.41) is 14.1. The van der Waals surface area contributed by atoms with Gasteiger partial charge in [0.05, 0.1) is 11.0 Å². The van der Waals surface area contributed by atoms with Gasteiger partial charge in [0.1, 0.15) is 12.0 Å². The number of hydrogen-bond donors (Lipinski definition) is 1. The zero-order chi connectivity index (χ0) is 14.2. The SMILES string of the molecule is COC1CC(Nc2cc(C)c([N+](=O)[O-])cn2)C1(C)C. The molecule has 0 radical (unpaired) electrons. The first-order valence-corrected chi connectivity index (χ1v) is 6.26. The molecule has 1 N–H and O–H groups in total. The van der Waals surface area contributed by atoms with Crippen molar-refractivity contribution in [1.29, 1.82) is 0 Å². The molecule has 2 unspecified atom stereocenters. The molecule has 0 aliphatic heterocycles. The summed E-state index contributed by atoms with van der Waals surface area (Å²) in [5.74, 6) is 0.677. The van der Waals surface area contributed by atoms with E-state index in [-0.39, 0.29) is 23.2 Å². The largest absolute Gasteiger partial charge is 0.381 e. The van der Waals surface area contributed by atoms with E-state index in [1.807, 2.05) is 0 Å². The molecule has 0 bridgehead atoms. The second-order valence-corrected chi connectivity index (χ2v) is 5.59.